The van der Waals surface area contributed by atoms with E-state index in [-0.39, 0.29) is 23.0 Å². The number of ether oxygens (including phenoxy) is 1. The summed E-state index contributed by atoms with van der Waals surface area (Å²) in [5.74, 6) is 0.0410. The summed E-state index contributed by atoms with van der Waals surface area (Å²) < 4.78 is 11.1. The van der Waals surface area contributed by atoms with Crippen LogP contribution in [0.3, 0.4) is 0 Å². The van der Waals surface area contributed by atoms with Gasteiger partial charge in [0.15, 0.2) is 6.10 Å². The van der Waals surface area contributed by atoms with E-state index in [1.807, 2.05) is 0 Å². The molecule has 0 saturated carbocycles. The number of nitro benzene ring substituents is 1. The first-order chi connectivity index (χ1) is 16.6. The number of nitro groups is 1. The van der Waals surface area contributed by atoms with Gasteiger partial charge in [-0.25, -0.2) is 5.43 Å². The molecule has 0 aliphatic rings. The summed E-state index contributed by atoms with van der Waals surface area (Å²) in [5, 5.41) is 17.8. The molecule has 182 valence electrons. The minimum absolute atomic E-state index is 0.0101. The van der Waals surface area contributed by atoms with Crippen LogP contribution in [0.2, 0.25) is 10.0 Å². The lowest BCUT2D eigenvalue weighted by molar-refractivity contribution is -0.384. The Labute approximate surface area is 210 Å². The normalized spacial score (nSPS) is 11.8. The molecule has 35 heavy (non-hydrogen) atoms. The topological polar surface area (TPSA) is 136 Å². The van der Waals surface area contributed by atoms with Crippen LogP contribution in [0.5, 0.6) is 5.75 Å². The summed E-state index contributed by atoms with van der Waals surface area (Å²) in [5.41, 5.74) is 3.64. The predicted octanol–water partition coefficient (Wildman–Crippen LogP) is 4.50. The number of hydrogen-bond acceptors (Lipinski definition) is 7. The number of amides is 2. The average molecular weight is 519 g/mol. The molecule has 0 aliphatic heterocycles. The Balaban J connectivity index is 1.48. The lowest BCUT2D eigenvalue weighted by atomic mass is 10.1. The van der Waals surface area contributed by atoms with Gasteiger partial charge in [0.1, 0.15) is 17.3 Å². The van der Waals surface area contributed by atoms with E-state index >= 15 is 0 Å². The zero-order valence-corrected chi connectivity index (χ0v) is 20.1. The summed E-state index contributed by atoms with van der Waals surface area (Å²) in [4.78, 5) is 34.6. The molecule has 1 atom stereocenters. The number of carbonyl (C=O) groups is 2. The van der Waals surface area contributed by atoms with Gasteiger partial charge in [0.25, 0.3) is 17.5 Å². The van der Waals surface area contributed by atoms with Gasteiger partial charge in [0, 0.05) is 22.7 Å². The summed E-state index contributed by atoms with van der Waals surface area (Å²) in [6, 6.07) is 12.4. The Morgan fingerprint density at radius 2 is 1.97 bits per heavy atom. The number of carbonyl (C=O) groups excluding carboxylic acids is 2. The number of rotatable bonds is 9. The maximum Gasteiger partial charge on any atom is 0.269 e. The molecule has 2 amide bonds. The third kappa shape index (κ3) is 7.05. The number of furan rings is 1. The number of hydrogen-bond donors (Lipinski definition) is 2. The first-order valence-electron chi connectivity index (χ1n) is 10.2. The highest BCUT2D eigenvalue weighted by atomic mass is 35.5. The minimum Gasteiger partial charge on any atom is -0.479 e. The fourth-order valence-electron chi connectivity index (χ4n) is 2.94. The van der Waals surface area contributed by atoms with Crippen molar-refractivity contribution in [1.82, 2.24) is 10.7 Å². The number of benzene rings is 2. The second-order valence-electron chi connectivity index (χ2n) is 7.30. The smallest absolute Gasteiger partial charge is 0.269 e. The number of halogens is 2. The molecule has 0 aliphatic carbocycles. The molecule has 12 heteroatoms. The van der Waals surface area contributed by atoms with E-state index in [2.05, 4.69) is 15.8 Å². The molecule has 2 N–H and O–H groups in total. The second-order valence-corrected chi connectivity index (χ2v) is 8.15. The van der Waals surface area contributed by atoms with Crippen LogP contribution in [0.4, 0.5) is 5.69 Å². The Morgan fingerprint density at radius 1 is 1.20 bits per heavy atom. The third-order valence-corrected chi connectivity index (χ3v) is 5.21. The van der Waals surface area contributed by atoms with Crippen LogP contribution in [-0.4, -0.2) is 35.6 Å². The zero-order chi connectivity index (χ0) is 25.5. The molecule has 1 aromatic heterocycles. The monoisotopic (exact) mass is 518 g/mol. The molecular weight excluding hydrogens is 499 g/mol. The van der Waals surface area contributed by atoms with E-state index in [4.69, 9.17) is 32.4 Å². The summed E-state index contributed by atoms with van der Waals surface area (Å²) in [6.07, 6.45) is 0.382. The molecule has 0 fully saturated rings. The molecule has 3 rings (SSSR count). The zero-order valence-electron chi connectivity index (χ0n) is 18.6. The summed E-state index contributed by atoms with van der Waals surface area (Å²) in [6.45, 7) is 2.92. The molecule has 2 aromatic carbocycles. The first-order valence-corrected chi connectivity index (χ1v) is 11.0. The van der Waals surface area contributed by atoms with Crippen molar-refractivity contribution in [1.29, 1.82) is 0 Å². The Hall–Kier alpha value is -3.89. The van der Waals surface area contributed by atoms with Gasteiger partial charge in [0.2, 0.25) is 0 Å². The van der Waals surface area contributed by atoms with Crippen molar-refractivity contribution in [3.05, 3.63) is 80.0 Å². The van der Waals surface area contributed by atoms with E-state index in [0.29, 0.717) is 27.7 Å². The van der Waals surface area contributed by atoms with Gasteiger partial charge in [-0.15, -0.1) is 0 Å². The molecule has 1 heterocycles. The van der Waals surface area contributed by atoms with Gasteiger partial charge in [-0.2, -0.15) is 5.10 Å². The maximum atomic E-state index is 12.2. The predicted molar refractivity (Wildman–Crippen MR) is 131 cm³/mol. The van der Waals surface area contributed by atoms with Crippen LogP contribution in [0, 0.1) is 17.0 Å². The number of hydrazone groups is 1. The van der Waals surface area contributed by atoms with Gasteiger partial charge >= 0.3 is 0 Å². The molecule has 10 nitrogen and oxygen atoms in total. The summed E-state index contributed by atoms with van der Waals surface area (Å²) >= 11 is 11.9. The summed E-state index contributed by atoms with van der Waals surface area (Å²) in [7, 11) is 0. The Kier molecular flexibility index (Phi) is 8.45. The maximum absolute atomic E-state index is 12.2. The van der Waals surface area contributed by atoms with Crippen LogP contribution in [0.15, 0.2) is 58.0 Å². The van der Waals surface area contributed by atoms with Gasteiger partial charge in [-0.3, -0.25) is 19.7 Å². The Bertz CT molecular complexity index is 1290. The van der Waals surface area contributed by atoms with Gasteiger partial charge in [0.05, 0.1) is 22.7 Å². The van der Waals surface area contributed by atoms with Crippen molar-refractivity contribution < 1.29 is 23.7 Å². The second kappa shape index (κ2) is 11.5. The van der Waals surface area contributed by atoms with Crippen molar-refractivity contribution in [2.75, 3.05) is 6.54 Å². The third-order valence-electron chi connectivity index (χ3n) is 4.68. The lowest BCUT2D eigenvalue weighted by Gasteiger charge is -2.15. The number of nitrogens with one attached hydrogen (secondary N) is 2. The molecule has 0 unspecified atom stereocenters. The van der Waals surface area contributed by atoms with E-state index in [0.717, 1.165) is 0 Å². The molecule has 0 spiro atoms. The highest BCUT2D eigenvalue weighted by Crippen LogP contribution is 2.29. The van der Waals surface area contributed by atoms with E-state index in [1.165, 1.54) is 31.3 Å². The molecule has 0 radical (unpaired) electrons. The standard InChI is InChI=1S/C23H20Cl2N4O6/c1-13-9-16(29(32)33)4-6-18(13)20-8-5-17(35-20)11-27-28-22(30)12-26-23(31)14(2)34-21-7-3-15(24)10-19(21)25/h3-11,14H,12H2,1-2H3,(H,26,31)(H,28,30)/b27-11-/t14-/m0/s1. The van der Waals surface area contributed by atoms with Gasteiger partial charge < -0.3 is 14.5 Å². The minimum atomic E-state index is -0.908. The van der Waals surface area contributed by atoms with E-state index in [1.54, 1.807) is 37.3 Å². The van der Waals surface area contributed by atoms with Crippen LogP contribution >= 0.6 is 23.2 Å². The fourth-order valence-corrected chi connectivity index (χ4v) is 3.39. The van der Waals surface area contributed by atoms with Crippen LogP contribution in [0.1, 0.15) is 18.2 Å². The molecule has 0 bridgehead atoms. The quantitative estimate of drug-likeness (QED) is 0.243. The number of nitrogens with zero attached hydrogens (tertiary/aromatic N) is 2. The number of non-ortho nitro benzene ring substituents is 1. The lowest BCUT2D eigenvalue weighted by Crippen LogP contribution is -2.41. The molecule has 0 saturated heterocycles. The highest BCUT2D eigenvalue weighted by Gasteiger charge is 2.17. The van der Waals surface area contributed by atoms with Crippen LogP contribution in [0.25, 0.3) is 11.3 Å². The van der Waals surface area contributed by atoms with Gasteiger partial charge in [-0.05, 0) is 55.8 Å². The van der Waals surface area contributed by atoms with Crippen molar-refractivity contribution >= 4 is 46.9 Å². The molecule has 3 aromatic rings. The fraction of sp³-hybridized carbons (Fsp3) is 0.174. The first kappa shape index (κ1) is 25.7. The molecular formula is C23H20Cl2N4O6. The average Bonchev–Trinajstić information content (AvgIpc) is 3.27. The van der Waals surface area contributed by atoms with E-state index in [9.17, 15) is 19.7 Å². The van der Waals surface area contributed by atoms with Crippen molar-refractivity contribution in [2.24, 2.45) is 5.10 Å². The van der Waals surface area contributed by atoms with Gasteiger partial charge in [-0.1, -0.05) is 23.2 Å². The van der Waals surface area contributed by atoms with Crippen LogP contribution < -0.4 is 15.5 Å². The van der Waals surface area contributed by atoms with Crippen molar-refractivity contribution in [3.8, 4) is 17.1 Å². The largest absolute Gasteiger partial charge is 0.479 e. The van der Waals surface area contributed by atoms with Crippen LogP contribution in [-0.2, 0) is 9.59 Å². The SMILES string of the molecule is Cc1cc([N+](=O)[O-])ccc1-c1ccc(/C=N\NC(=O)CNC(=O)[C@H](C)Oc2ccc(Cl)cc2Cl)o1. The Morgan fingerprint density at radius 3 is 2.66 bits per heavy atom. The van der Waals surface area contributed by atoms with Crippen molar-refractivity contribution in [3.63, 3.8) is 0 Å². The number of aryl methyl sites for hydroxylation is 1. The van der Waals surface area contributed by atoms with E-state index < -0.39 is 22.8 Å². The van der Waals surface area contributed by atoms with Crippen molar-refractivity contribution in [2.45, 2.75) is 20.0 Å². The highest BCUT2D eigenvalue weighted by molar-refractivity contribution is 6.35.